The second kappa shape index (κ2) is 8.31. The quantitative estimate of drug-likeness (QED) is 0.663. The van der Waals surface area contributed by atoms with Crippen molar-refractivity contribution in [3.63, 3.8) is 0 Å². The molecule has 0 bridgehead atoms. The van der Waals surface area contributed by atoms with Crippen molar-refractivity contribution in [3.8, 4) is 11.8 Å². The lowest BCUT2D eigenvalue weighted by Gasteiger charge is -2.09. The molecule has 140 valence electrons. The first-order valence-electron chi connectivity index (χ1n) is 8.93. The van der Waals surface area contributed by atoms with E-state index in [1.54, 1.807) is 6.07 Å². The Kier molecular flexibility index (Phi) is 5.66. The number of amides is 1. The maximum atomic E-state index is 12.4. The van der Waals surface area contributed by atoms with Crippen LogP contribution >= 0.6 is 0 Å². The van der Waals surface area contributed by atoms with Gasteiger partial charge >= 0.3 is 0 Å². The van der Waals surface area contributed by atoms with Crippen LogP contribution in [0.3, 0.4) is 0 Å². The molecule has 0 aliphatic carbocycles. The van der Waals surface area contributed by atoms with Crippen molar-refractivity contribution in [3.05, 3.63) is 77.0 Å². The third-order valence-corrected chi connectivity index (χ3v) is 4.56. The summed E-state index contributed by atoms with van der Waals surface area (Å²) in [6.07, 6.45) is 1.52. The molecule has 0 fully saturated rings. The van der Waals surface area contributed by atoms with Crippen LogP contribution in [0.2, 0.25) is 0 Å². The molecular formula is C22H20N4O2. The number of aryl methyl sites for hydroxylation is 2. The molecule has 1 aromatic heterocycles. The van der Waals surface area contributed by atoms with Crippen LogP contribution in [0, 0.1) is 25.2 Å². The maximum Gasteiger partial charge on any atom is 0.226 e. The number of Topliss-reactive ketones (excluding diaryl/α,β-unsaturated/α-hetero) is 1. The number of ketones is 1. The van der Waals surface area contributed by atoms with E-state index < -0.39 is 0 Å². The number of nitrogens with zero attached hydrogens (tertiary/aromatic N) is 3. The third-order valence-electron chi connectivity index (χ3n) is 4.56. The van der Waals surface area contributed by atoms with Gasteiger partial charge in [-0.05, 0) is 43.2 Å². The molecule has 0 saturated heterocycles. The number of carbonyl (C=O) groups excluding carboxylic acids is 2. The average Bonchev–Trinajstić information content (AvgIpc) is 3.11. The van der Waals surface area contributed by atoms with Crippen LogP contribution in [-0.4, -0.2) is 21.5 Å². The average molecular weight is 372 g/mol. The van der Waals surface area contributed by atoms with Gasteiger partial charge in [0.15, 0.2) is 11.6 Å². The minimum atomic E-state index is -0.341. The van der Waals surface area contributed by atoms with E-state index in [9.17, 15) is 14.9 Å². The number of para-hydroxylation sites is 1. The molecule has 0 saturated carbocycles. The molecule has 3 aromatic rings. The summed E-state index contributed by atoms with van der Waals surface area (Å²) in [5, 5.41) is 16.2. The molecule has 0 spiro atoms. The van der Waals surface area contributed by atoms with Crippen molar-refractivity contribution in [1.82, 2.24) is 9.78 Å². The molecular weight excluding hydrogens is 352 g/mol. The number of hydrogen-bond acceptors (Lipinski definition) is 4. The van der Waals surface area contributed by atoms with Crippen molar-refractivity contribution in [2.24, 2.45) is 0 Å². The van der Waals surface area contributed by atoms with E-state index >= 15 is 0 Å². The molecule has 3 rings (SSSR count). The van der Waals surface area contributed by atoms with E-state index in [0.717, 1.165) is 16.8 Å². The van der Waals surface area contributed by atoms with Crippen LogP contribution in [0.1, 0.15) is 39.9 Å². The number of rotatable bonds is 6. The Morgan fingerprint density at radius 2 is 1.82 bits per heavy atom. The molecule has 0 aliphatic heterocycles. The van der Waals surface area contributed by atoms with Gasteiger partial charge in [-0.25, -0.2) is 4.68 Å². The van der Waals surface area contributed by atoms with Crippen molar-refractivity contribution < 1.29 is 9.59 Å². The predicted octanol–water partition coefficient (Wildman–Crippen LogP) is 3.96. The molecule has 0 unspecified atom stereocenters. The zero-order valence-corrected chi connectivity index (χ0v) is 15.8. The van der Waals surface area contributed by atoms with Gasteiger partial charge in [0.1, 0.15) is 11.6 Å². The van der Waals surface area contributed by atoms with Crippen LogP contribution in [-0.2, 0) is 4.79 Å². The fourth-order valence-electron chi connectivity index (χ4n) is 2.80. The number of anilines is 1. The van der Waals surface area contributed by atoms with E-state index in [-0.39, 0.29) is 30.1 Å². The van der Waals surface area contributed by atoms with Crippen LogP contribution in [0.4, 0.5) is 5.82 Å². The van der Waals surface area contributed by atoms with Gasteiger partial charge in [0, 0.05) is 18.4 Å². The van der Waals surface area contributed by atoms with Gasteiger partial charge in [0.2, 0.25) is 5.91 Å². The van der Waals surface area contributed by atoms with E-state index in [2.05, 4.69) is 10.4 Å². The minimum absolute atomic E-state index is 0.0244. The molecule has 1 amide bonds. The molecule has 6 nitrogen and oxygen atoms in total. The second-order valence-corrected chi connectivity index (χ2v) is 6.54. The summed E-state index contributed by atoms with van der Waals surface area (Å²) in [6, 6.07) is 16.8. The molecule has 6 heteroatoms. The van der Waals surface area contributed by atoms with Gasteiger partial charge < -0.3 is 5.32 Å². The number of aromatic nitrogens is 2. The highest BCUT2D eigenvalue weighted by Gasteiger charge is 2.16. The van der Waals surface area contributed by atoms with Crippen molar-refractivity contribution in [1.29, 1.82) is 5.26 Å². The standard InChI is InChI=1S/C22H20N4O2/c1-15-8-9-17(12-16(15)2)20(27)10-11-21(28)25-22-18(13-23)14-24-26(22)19-6-4-3-5-7-19/h3-9,12,14H,10-11H2,1-2H3,(H,25,28). The molecule has 0 aliphatic rings. The first kappa shape index (κ1) is 19.1. The SMILES string of the molecule is Cc1ccc(C(=O)CCC(=O)Nc2c(C#N)cnn2-c2ccccc2)cc1C. The van der Waals surface area contributed by atoms with E-state index in [1.807, 2.05) is 62.4 Å². The second-order valence-electron chi connectivity index (χ2n) is 6.54. The van der Waals surface area contributed by atoms with Gasteiger partial charge in [0.25, 0.3) is 0 Å². The lowest BCUT2D eigenvalue weighted by atomic mass is 10.0. The number of nitriles is 1. The fraction of sp³-hybridized carbons (Fsp3) is 0.182. The zero-order chi connectivity index (χ0) is 20.1. The van der Waals surface area contributed by atoms with Gasteiger partial charge in [0.05, 0.1) is 11.9 Å². The Balaban J connectivity index is 1.70. The van der Waals surface area contributed by atoms with Gasteiger partial charge in [-0.1, -0.05) is 30.3 Å². The van der Waals surface area contributed by atoms with Crippen LogP contribution < -0.4 is 5.32 Å². The van der Waals surface area contributed by atoms with E-state index in [4.69, 9.17) is 0 Å². The maximum absolute atomic E-state index is 12.4. The van der Waals surface area contributed by atoms with Crippen LogP contribution in [0.15, 0.2) is 54.7 Å². The highest BCUT2D eigenvalue weighted by molar-refractivity contribution is 6.00. The lowest BCUT2D eigenvalue weighted by Crippen LogP contribution is -2.17. The highest BCUT2D eigenvalue weighted by Crippen LogP contribution is 2.20. The van der Waals surface area contributed by atoms with Crippen LogP contribution in [0.5, 0.6) is 0 Å². The van der Waals surface area contributed by atoms with Gasteiger partial charge in [-0.2, -0.15) is 10.4 Å². The smallest absolute Gasteiger partial charge is 0.226 e. The number of benzene rings is 2. The summed E-state index contributed by atoms with van der Waals surface area (Å²) in [5.41, 5.74) is 3.75. The lowest BCUT2D eigenvalue weighted by molar-refractivity contribution is -0.116. The molecule has 2 aromatic carbocycles. The first-order chi connectivity index (χ1) is 13.5. The predicted molar refractivity (Wildman–Crippen MR) is 106 cm³/mol. The molecule has 1 N–H and O–H groups in total. The van der Waals surface area contributed by atoms with Gasteiger partial charge in [-0.3, -0.25) is 9.59 Å². The summed E-state index contributed by atoms with van der Waals surface area (Å²) in [6.45, 7) is 3.94. The normalized spacial score (nSPS) is 10.3. The first-order valence-corrected chi connectivity index (χ1v) is 8.93. The Morgan fingerprint density at radius 1 is 1.07 bits per heavy atom. The molecule has 0 atom stereocenters. The Labute approximate surface area is 163 Å². The van der Waals surface area contributed by atoms with E-state index in [1.165, 1.54) is 10.9 Å². The number of nitrogens with one attached hydrogen (secondary N) is 1. The van der Waals surface area contributed by atoms with Crippen molar-refractivity contribution in [2.45, 2.75) is 26.7 Å². The zero-order valence-electron chi connectivity index (χ0n) is 15.8. The summed E-state index contributed by atoms with van der Waals surface area (Å²) >= 11 is 0. The molecule has 1 heterocycles. The monoisotopic (exact) mass is 372 g/mol. The fourth-order valence-corrected chi connectivity index (χ4v) is 2.80. The highest BCUT2D eigenvalue weighted by atomic mass is 16.2. The van der Waals surface area contributed by atoms with Crippen molar-refractivity contribution >= 4 is 17.5 Å². The van der Waals surface area contributed by atoms with Crippen molar-refractivity contribution in [2.75, 3.05) is 5.32 Å². The summed E-state index contributed by atoms with van der Waals surface area (Å²) in [5.74, 6) is -0.126. The Morgan fingerprint density at radius 3 is 2.50 bits per heavy atom. The van der Waals surface area contributed by atoms with Crippen LogP contribution in [0.25, 0.3) is 5.69 Å². The van der Waals surface area contributed by atoms with E-state index in [0.29, 0.717) is 11.4 Å². The molecule has 28 heavy (non-hydrogen) atoms. The minimum Gasteiger partial charge on any atom is -0.309 e. The number of hydrogen-bond donors (Lipinski definition) is 1. The van der Waals surface area contributed by atoms with Gasteiger partial charge in [-0.15, -0.1) is 0 Å². The Hall–Kier alpha value is -3.72. The number of carbonyl (C=O) groups is 2. The Bertz CT molecular complexity index is 1060. The summed E-state index contributed by atoms with van der Waals surface area (Å²) in [7, 11) is 0. The topological polar surface area (TPSA) is 87.8 Å². The molecule has 0 radical (unpaired) electrons. The third kappa shape index (κ3) is 4.15. The summed E-state index contributed by atoms with van der Waals surface area (Å²) in [4.78, 5) is 24.8. The largest absolute Gasteiger partial charge is 0.309 e. The summed E-state index contributed by atoms with van der Waals surface area (Å²) < 4.78 is 1.50.